The van der Waals surface area contributed by atoms with Crippen LogP contribution in [0.15, 0.2) is 48.6 Å². The Kier molecular flexibility index (Phi) is 32.5. The van der Waals surface area contributed by atoms with Gasteiger partial charge in [-0.05, 0) is 70.6 Å². The van der Waals surface area contributed by atoms with Gasteiger partial charge in [-0.3, -0.25) is 4.79 Å². The summed E-state index contributed by atoms with van der Waals surface area (Å²) in [6.07, 6.45) is 44.7. The maximum atomic E-state index is 12.3. The summed E-state index contributed by atoms with van der Waals surface area (Å²) in [5.41, 5.74) is 0. The second-order valence-corrected chi connectivity index (χ2v) is 11.9. The number of hydrogen-bond acceptors (Lipinski definition) is 3. The minimum atomic E-state index is -0.871. The summed E-state index contributed by atoms with van der Waals surface area (Å²) < 4.78 is 0. The predicted molar refractivity (Wildman–Crippen MR) is 184 cm³/mol. The molecule has 4 nitrogen and oxygen atoms in total. The van der Waals surface area contributed by atoms with Crippen molar-refractivity contribution in [3.63, 3.8) is 0 Å². The van der Waals surface area contributed by atoms with Crippen LogP contribution in [0.4, 0.5) is 0 Å². The summed E-state index contributed by atoms with van der Waals surface area (Å²) in [6, 6.07) is -0.647. The lowest BCUT2D eigenvalue weighted by Gasteiger charge is -2.19. The van der Waals surface area contributed by atoms with Crippen LogP contribution in [0.1, 0.15) is 168 Å². The van der Waals surface area contributed by atoms with Crippen LogP contribution in [0, 0.1) is 0 Å². The molecule has 0 fully saturated rings. The average Bonchev–Trinajstić information content (AvgIpc) is 2.99. The number of allylic oxidation sites excluding steroid dienone is 7. The fourth-order valence-corrected chi connectivity index (χ4v) is 4.97. The maximum absolute atomic E-state index is 12.3. The highest BCUT2D eigenvalue weighted by Gasteiger charge is 2.17. The van der Waals surface area contributed by atoms with Crippen LogP contribution < -0.4 is 5.32 Å². The van der Waals surface area contributed by atoms with E-state index >= 15 is 0 Å². The molecule has 0 saturated heterocycles. The van der Waals surface area contributed by atoms with Gasteiger partial charge in [0.1, 0.15) is 0 Å². The molecule has 42 heavy (non-hydrogen) atoms. The van der Waals surface area contributed by atoms with Crippen molar-refractivity contribution in [3.8, 4) is 0 Å². The molecular formula is C38H69NO3. The molecule has 0 aliphatic heterocycles. The van der Waals surface area contributed by atoms with Crippen molar-refractivity contribution in [2.75, 3.05) is 6.61 Å². The molecule has 0 aromatic rings. The van der Waals surface area contributed by atoms with E-state index in [0.29, 0.717) is 6.42 Å². The number of aliphatic hydroxyl groups is 2. The zero-order chi connectivity index (χ0) is 30.8. The molecule has 0 aromatic heterocycles. The Morgan fingerprint density at radius 2 is 0.929 bits per heavy atom. The minimum absolute atomic E-state index is 0.0908. The third kappa shape index (κ3) is 29.8. The van der Waals surface area contributed by atoms with E-state index in [0.717, 1.165) is 51.4 Å². The van der Waals surface area contributed by atoms with Crippen molar-refractivity contribution >= 4 is 5.91 Å². The Morgan fingerprint density at radius 1 is 0.548 bits per heavy atom. The predicted octanol–water partition coefficient (Wildman–Crippen LogP) is 10.5. The van der Waals surface area contributed by atoms with Crippen LogP contribution in [0.2, 0.25) is 0 Å². The number of rotatable bonds is 31. The lowest BCUT2D eigenvalue weighted by Crippen LogP contribution is -2.45. The minimum Gasteiger partial charge on any atom is -0.394 e. The van der Waals surface area contributed by atoms with E-state index < -0.39 is 12.1 Å². The molecule has 3 N–H and O–H groups in total. The van der Waals surface area contributed by atoms with Crippen molar-refractivity contribution in [1.29, 1.82) is 0 Å². The van der Waals surface area contributed by atoms with E-state index in [4.69, 9.17) is 0 Å². The van der Waals surface area contributed by atoms with Crippen molar-refractivity contribution < 1.29 is 15.0 Å². The molecule has 244 valence electrons. The van der Waals surface area contributed by atoms with Gasteiger partial charge in [-0.25, -0.2) is 0 Å². The zero-order valence-electron chi connectivity index (χ0n) is 27.8. The Bertz CT molecular complexity index is 682. The number of carbonyl (C=O) groups is 1. The van der Waals surface area contributed by atoms with Crippen molar-refractivity contribution in [1.82, 2.24) is 5.32 Å². The summed E-state index contributed by atoms with van der Waals surface area (Å²) in [5, 5.41) is 22.8. The molecule has 4 heteroatoms. The molecular weight excluding hydrogens is 518 g/mol. The van der Waals surface area contributed by atoms with Gasteiger partial charge in [0.2, 0.25) is 5.91 Å². The molecule has 0 bridgehead atoms. The van der Waals surface area contributed by atoms with E-state index in [9.17, 15) is 15.0 Å². The standard InChI is InChI=1S/C38H69NO3/c1-3-5-7-9-11-13-15-17-18-19-20-22-23-25-27-29-31-33-37(41)36(35-40)39-38(42)34-32-30-28-26-24-21-16-14-12-10-8-6-4-2/h14,16,18-19,23,25,31,33,36-37,40-41H,3-13,15,17,20-22,24,26-30,32,34-35H2,1-2H3,(H,39,42)/b16-14-,19-18+,25-23+,33-31+. The van der Waals surface area contributed by atoms with Crippen LogP contribution in [0.3, 0.4) is 0 Å². The molecule has 2 unspecified atom stereocenters. The van der Waals surface area contributed by atoms with Gasteiger partial charge in [0.25, 0.3) is 0 Å². The zero-order valence-corrected chi connectivity index (χ0v) is 27.8. The summed E-state index contributed by atoms with van der Waals surface area (Å²) in [4.78, 5) is 12.3. The fraction of sp³-hybridized carbons (Fsp3) is 0.763. The summed E-state index contributed by atoms with van der Waals surface area (Å²) in [7, 11) is 0. The fourth-order valence-electron chi connectivity index (χ4n) is 4.97. The van der Waals surface area contributed by atoms with Gasteiger partial charge in [-0.15, -0.1) is 0 Å². The first-order valence-electron chi connectivity index (χ1n) is 17.9. The second kappa shape index (κ2) is 33.8. The summed E-state index contributed by atoms with van der Waals surface area (Å²) in [6.45, 7) is 4.24. The van der Waals surface area contributed by atoms with E-state index in [1.54, 1.807) is 6.08 Å². The summed E-state index contributed by atoms with van der Waals surface area (Å²) >= 11 is 0. The van der Waals surface area contributed by atoms with Crippen LogP contribution in [-0.4, -0.2) is 34.9 Å². The molecule has 0 radical (unpaired) electrons. The quantitative estimate of drug-likeness (QED) is 0.0558. The third-order valence-corrected chi connectivity index (χ3v) is 7.76. The monoisotopic (exact) mass is 588 g/mol. The first kappa shape index (κ1) is 40.4. The molecule has 0 rings (SSSR count). The first-order valence-corrected chi connectivity index (χ1v) is 17.9. The smallest absolute Gasteiger partial charge is 0.220 e. The molecule has 0 spiro atoms. The molecule has 1 amide bonds. The van der Waals surface area contributed by atoms with E-state index in [2.05, 4.69) is 55.6 Å². The number of nitrogens with one attached hydrogen (secondary N) is 1. The Labute approximate surface area is 261 Å². The van der Waals surface area contributed by atoms with Gasteiger partial charge >= 0.3 is 0 Å². The largest absolute Gasteiger partial charge is 0.394 e. The lowest BCUT2D eigenvalue weighted by atomic mass is 10.1. The molecule has 0 aliphatic rings. The number of unbranched alkanes of at least 4 members (excludes halogenated alkanes) is 18. The highest BCUT2D eigenvalue weighted by molar-refractivity contribution is 5.76. The molecule has 0 heterocycles. The Balaban J connectivity index is 3.75. The normalized spacial score (nSPS) is 13.7. The van der Waals surface area contributed by atoms with Crippen LogP contribution in [0.5, 0.6) is 0 Å². The van der Waals surface area contributed by atoms with E-state index in [-0.39, 0.29) is 12.5 Å². The van der Waals surface area contributed by atoms with Crippen LogP contribution in [-0.2, 0) is 4.79 Å². The highest BCUT2D eigenvalue weighted by atomic mass is 16.3. The third-order valence-electron chi connectivity index (χ3n) is 7.76. The van der Waals surface area contributed by atoms with Crippen LogP contribution in [0.25, 0.3) is 0 Å². The van der Waals surface area contributed by atoms with Gasteiger partial charge in [0.15, 0.2) is 0 Å². The molecule has 2 atom stereocenters. The topological polar surface area (TPSA) is 69.6 Å². The Hall–Kier alpha value is -1.65. The van der Waals surface area contributed by atoms with E-state index in [1.165, 1.54) is 96.3 Å². The van der Waals surface area contributed by atoms with Gasteiger partial charge in [-0.1, -0.05) is 140 Å². The van der Waals surface area contributed by atoms with Gasteiger partial charge in [0.05, 0.1) is 18.8 Å². The van der Waals surface area contributed by atoms with Crippen molar-refractivity contribution in [3.05, 3.63) is 48.6 Å². The van der Waals surface area contributed by atoms with Gasteiger partial charge in [-0.2, -0.15) is 0 Å². The van der Waals surface area contributed by atoms with Gasteiger partial charge in [0, 0.05) is 6.42 Å². The second-order valence-electron chi connectivity index (χ2n) is 11.9. The first-order chi connectivity index (χ1) is 20.7. The summed E-state index contributed by atoms with van der Waals surface area (Å²) in [5.74, 6) is -0.0908. The molecule has 0 aromatic carbocycles. The SMILES string of the molecule is CCCCCC/C=C\CCCCCCCC(=O)NC(CO)C(O)/C=C/CC/C=C/CC/C=C/CCCCCCCCC. The number of carbonyl (C=O) groups excluding carboxylic acids is 1. The Morgan fingerprint density at radius 3 is 1.40 bits per heavy atom. The highest BCUT2D eigenvalue weighted by Crippen LogP contribution is 2.11. The lowest BCUT2D eigenvalue weighted by molar-refractivity contribution is -0.123. The maximum Gasteiger partial charge on any atom is 0.220 e. The van der Waals surface area contributed by atoms with E-state index in [1.807, 2.05) is 6.08 Å². The van der Waals surface area contributed by atoms with Crippen molar-refractivity contribution in [2.24, 2.45) is 0 Å². The molecule has 0 saturated carbocycles. The number of hydrogen-bond donors (Lipinski definition) is 3. The molecule has 0 aliphatic carbocycles. The van der Waals surface area contributed by atoms with Gasteiger partial charge < -0.3 is 15.5 Å². The average molecular weight is 588 g/mol. The number of amides is 1. The van der Waals surface area contributed by atoms with Crippen molar-refractivity contribution in [2.45, 2.75) is 180 Å². The number of aliphatic hydroxyl groups excluding tert-OH is 2. The van der Waals surface area contributed by atoms with Crippen LogP contribution >= 0.6 is 0 Å².